The standard InChI is InChI=1S/C32H16N6/c1-35-21-10-11-31-27(14-21)25-6-2-4-8-29(25)37(31)23-12-20(17-33)13-24(16-23)38-30-9-5-3-7-26(30)28-15-22(18-34)36-19-32(28)38/h2-16,19H. The number of hydrogen-bond donors (Lipinski definition) is 0. The van der Waals surface area contributed by atoms with Crippen LogP contribution >= 0.6 is 0 Å². The lowest BCUT2D eigenvalue weighted by Crippen LogP contribution is -2.00. The quantitative estimate of drug-likeness (QED) is 0.238. The van der Waals surface area contributed by atoms with Gasteiger partial charge in [0.2, 0.25) is 0 Å². The van der Waals surface area contributed by atoms with Crippen LogP contribution in [0.15, 0.2) is 97.2 Å². The average Bonchev–Trinajstić information content (AvgIpc) is 3.49. The van der Waals surface area contributed by atoms with Crippen molar-refractivity contribution in [2.24, 2.45) is 0 Å². The fourth-order valence-corrected chi connectivity index (χ4v) is 5.43. The lowest BCUT2D eigenvalue weighted by atomic mass is 10.1. The zero-order valence-electron chi connectivity index (χ0n) is 19.9. The van der Waals surface area contributed by atoms with Gasteiger partial charge in [0, 0.05) is 27.5 Å². The molecule has 7 rings (SSSR count). The molecule has 0 atom stereocenters. The van der Waals surface area contributed by atoms with Crippen LogP contribution in [0.2, 0.25) is 0 Å². The minimum Gasteiger partial charge on any atom is -0.309 e. The van der Waals surface area contributed by atoms with Gasteiger partial charge in [-0.3, -0.25) is 0 Å². The summed E-state index contributed by atoms with van der Waals surface area (Å²) in [5.74, 6) is 0. The maximum Gasteiger partial charge on any atom is 0.188 e. The molecule has 0 aliphatic heterocycles. The summed E-state index contributed by atoms with van der Waals surface area (Å²) in [6.45, 7) is 7.47. The molecule has 0 amide bonds. The highest BCUT2D eigenvalue weighted by atomic mass is 15.0. The monoisotopic (exact) mass is 484 g/mol. The molecule has 0 fully saturated rings. The van der Waals surface area contributed by atoms with Crippen molar-refractivity contribution < 1.29 is 0 Å². The van der Waals surface area contributed by atoms with E-state index in [9.17, 15) is 10.5 Å². The Hall–Kier alpha value is -5.90. The van der Waals surface area contributed by atoms with E-state index in [1.54, 1.807) is 6.20 Å². The molecule has 174 valence electrons. The molecule has 4 aromatic carbocycles. The lowest BCUT2D eigenvalue weighted by Gasteiger charge is -2.13. The number of rotatable bonds is 2. The van der Waals surface area contributed by atoms with E-state index >= 15 is 0 Å². The fourth-order valence-electron chi connectivity index (χ4n) is 5.43. The highest BCUT2D eigenvalue weighted by Crippen LogP contribution is 2.37. The molecule has 6 heteroatoms. The van der Waals surface area contributed by atoms with Crippen LogP contribution in [0.1, 0.15) is 11.3 Å². The van der Waals surface area contributed by atoms with Gasteiger partial charge in [0.1, 0.15) is 11.8 Å². The van der Waals surface area contributed by atoms with Crippen LogP contribution in [-0.2, 0) is 0 Å². The van der Waals surface area contributed by atoms with Gasteiger partial charge >= 0.3 is 0 Å². The maximum absolute atomic E-state index is 10.0. The van der Waals surface area contributed by atoms with Gasteiger partial charge in [-0.1, -0.05) is 42.5 Å². The number of pyridine rings is 1. The Morgan fingerprint density at radius 3 is 1.87 bits per heavy atom. The number of benzene rings is 4. The van der Waals surface area contributed by atoms with E-state index in [2.05, 4.69) is 49.3 Å². The molecule has 38 heavy (non-hydrogen) atoms. The Kier molecular flexibility index (Phi) is 4.54. The first kappa shape index (κ1) is 21.4. The van der Waals surface area contributed by atoms with Crippen molar-refractivity contribution in [1.82, 2.24) is 14.1 Å². The SMILES string of the molecule is [C-]#[N+]c1ccc2c(c1)c1ccccc1n2-c1cc(C#N)cc(-n2c3ccccc3c3cc(C#N)ncc32)c1. The van der Waals surface area contributed by atoms with Crippen LogP contribution in [0.5, 0.6) is 0 Å². The van der Waals surface area contributed by atoms with E-state index in [1.165, 1.54) is 0 Å². The van der Waals surface area contributed by atoms with Crippen molar-refractivity contribution in [1.29, 1.82) is 10.5 Å². The van der Waals surface area contributed by atoms with Crippen LogP contribution in [0, 0.1) is 29.2 Å². The fraction of sp³-hybridized carbons (Fsp3) is 0. The predicted octanol–water partition coefficient (Wildman–Crippen LogP) is 7.57. The second-order valence-electron chi connectivity index (χ2n) is 9.07. The molecule has 6 nitrogen and oxygen atoms in total. The van der Waals surface area contributed by atoms with Gasteiger partial charge in [-0.25, -0.2) is 9.83 Å². The van der Waals surface area contributed by atoms with Crippen molar-refractivity contribution in [3.8, 4) is 23.5 Å². The van der Waals surface area contributed by atoms with E-state index in [1.807, 2.05) is 72.8 Å². The Balaban J connectivity index is 1.58. The van der Waals surface area contributed by atoms with E-state index < -0.39 is 0 Å². The summed E-state index contributed by atoms with van der Waals surface area (Å²) in [5, 5.41) is 23.4. The first-order chi connectivity index (χ1) is 18.7. The van der Waals surface area contributed by atoms with Gasteiger partial charge in [0.25, 0.3) is 0 Å². The Morgan fingerprint density at radius 2 is 1.24 bits per heavy atom. The summed E-state index contributed by atoms with van der Waals surface area (Å²) in [7, 11) is 0. The first-order valence-corrected chi connectivity index (χ1v) is 12.0. The third kappa shape index (κ3) is 3.00. The van der Waals surface area contributed by atoms with Crippen LogP contribution < -0.4 is 0 Å². The second-order valence-corrected chi connectivity index (χ2v) is 9.07. The minimum absolute atomic E-state index is 0.357. The van der Waals surface area contributed by atoms with Gasteiger partial charge in [-0.15, -0.1) is 0 Å². The Bertz CT molecular complexity index is 2080. The summed E-state index contributed by atoms with van der Waals surface area (Å²) >= 11 is 0. The van der Waals surface area contributed by atoms with Crippen molar-refractivity contribution in [2.45, 2.75) is 0 Å². The predicted molar refractivity (Wildman–Crippen MR) is 149 cm³/mol. The molecule has 0 aliphatic rings. The number of hydrogen-bond acceptors (Lipinski definition) is 3. The highest BCUT2D eigenvalue weighted by molar-refractivity contribution is 6.11. The topological polar surface area (TPSA) is 74.7 Å². The normalized spacial score (nSPS) is 11.1. The molecule has 0 bridgehead atoms. The molecule has 0 unspecified atom stereocenters. The summed E-state index contributed by atoms with van der Waals surface area (Å²) in [6, 6.07) is 33.9. The summed E-state index contributed by atoms with van der Waals surface area (Å²) in [5.41, 5.74) is 6.90. The molecule has 0 saturated carbocycles. The molecular weight excluding hydrogens is 468 g/mol. The van der Waals surface area contributed by atoms with E-state index in [-0.39, 0.29) is 0 Å². The highest BCUT2D eigenvalue weighted by Gasteiger charge is 2.17. The molecule has 3 heterocycles. The van der Waals surface area contributed by atoms with Crippen LogP contribution in [0.3, 0.4) is 0 Å². The number of nitriles is 2. The van der Waals surface area contributed by atoms with Gasteiger partial charge in [-0.05, 0) is 53.9 Å². The Labute approximate surface area is 217 Å². The molecule has 0 saturated heterocycles. The van der Waals surface area contributed by atoms with Crippen LogP contribution in [-0.4, -0.2) is 14.1 Å². The number of aromatic nitrogens is 3. The molecule has 0 radical (unpaired) electrons. The molecule has 3 aromatic heterocycles. The molecular formula is C32H16N6. The lowest BCUT2D eigenvalue weighted by molar-refractivity contribution is 1.12. The molecule has 7 aromatic rings. The third-order valence-corrected chi connectivity index (χ3v) is 7.01. The summed E-state index contributed by atoms with van der Waals surface area (Å²) < 4.78 is 4.23. The van der Waals surface area contributed by atoms with Gasteiger partial charge < -0.3 is 9.13 Å². The Morgan fingerprint density at radius 1 is 0.632 bits per heavy atom. The minimum atomic E-state index is 0.357. The average molecular weight is 485 g/mol. The zero-order valence-corrected chi connectivity index (χ0v) is 19.9. The second kappa shape index (κ2) is 8.07. The molecule has 0 spiro atoms. The van der Waals surface area contributed by atoms with Crippen molar-refractivity contribution in [3.63, 3.8) is 0 Å². The van der Waals surface area contributed by atoms with Crippen LogP contribution in [0.25, 0.3) is 59.8 Å². The van der Waals surface area contributed by atoms with Crippen molar-refractivity contribution in [2.75, 3.05) is 0 Å². The molecule has 0 N–H and O–H groups in total. The van der Waals surface area contributed by atoms with Gasteiger partial charge in [0.15, 0.2) is 5.69 Å². The third-order valence-electron chi connectivity index (χ3n) is 7.01. The number of para-hydroxylation sites is 2. The number of nitrogens with zero attached hydrogens (tertiary/aromatic N) is 6. The molecule has 0 aliphatic carbocycles. The van der Waals surface area contributed by atoms with Gasteiger partial charge in [0.05, 0.1) is 46.5 Å². The van der Waals surface area contributed by atoms with Crippen molar-refractivity contribution in [3.05, 3.63) is 120 Å². The van der Waals surface area contributed by atoms with Crippen LogP contribution in [0.4, 0.5) is 5.69 Å². The summed E-state index contributed by atoms with van der Waals surface area (Å²) in [4.78, 5) is 7.97. The largest absolute Gasteiger partial charge is 0.309 e. The number of fused-ring (bicyclic) bond motifs is 6. The van der Waals surface area contributed by atoms with E-state index in [0.717, 1.165) is 55.0 Å². The zero-order chi connectivity index (χ0) is 25.8. The van der Waals surface area contributed by atoms with Crippen molar-refractivity contribution >= 4 is 49.3 Å². The smallest absolute Gasteiger partial charge is 0.188 e. The van der Waals surface area contributed by atoms with Gasteiger partial charge in [-0.2, -0.15) is 10.5 Å². The van der Waals surface area contributed by atoms with E-state index in [0.29, 0.717) is 16.9 Å². The van der Waals surface area contributed by atoms with E-state index in [4.69, 9.17) is 6.57 Å². The first-order valence-electron chi connectivity index (χ1n) is 12.0. The summed E-state index contributed by atoms with van der Waals surface area (Å²) in [6.07, 6.45) is 1.72. The maximum atomic E-state index is 10.0.